The van der Waals surface area contributed by atoms with Crippen molar-refractivity contribution < 1.29 is 23.5 Å². The molecule has 0 radical (unpaired) electrons. The number of esters is 1. The van der Waals surface area contributed by atoms with Crippen molar-refractivity contribution in [3.05, 3.63) is 83.6 Å². The minimum absolute atomic E-state index is 0.0250. The summed E-state index contributed by atoms with van der Waals surface area (Å²) in [4.78, 5) is 23.4. The highest BCUT2D eigenvalue weighted by Gasteiger charge is 2.14. The number of amides is 1. The van der Waals surface area contributed by atoms with Gasteiger partial charge >= 0.3 is 5.97 Å². The number of rotatable bonds is 8. The molecule has 34 heavy (non-hydrogen) atoms. The molecular formula is C27H26N2O5. The third-order valence-corrected chi connectivity index (χ3v) is 5.42. The fourth-order valence-corrected chi connectivity index (χ4v) is 3.84. The predicted octanol–water partition coefficient (Wildman–Crippen LogP) is 4.81. The molecule has 7 heteroatoms. The summed E-state index contributed by atoms with van der Waals surface area (Å²) in [6.45, 7) is 2.16. The Hall–Kier alpha value is -4.10. The summed E-state index contributed by atoms with van der Waals surface area (Å²) in [5, 5.41) is 3.69. The molecule has 3 N–H and O–H groups in total. The zero-order valence-electron chi connectivity index (χ0n) is 19.1. The SMILES string of the molecule is COC(=O)Cc1cc(NC(C)=O)ccc1OCc1cc(-c2cccc(CN)c2)c2occc2c1. The van der Waals surface area contributed by atoms with Crippen LogP contribution in [-0.4, -0.2) is 19.0 Å². The maximum Gasteiger partial charge on any atom is 0.310 e. The molecule has 1 amide bonds. The second kappa shape index (κ2) is 10.2. The van der Waals surface area contributed by atoms with E-state index in [1.54, 1.807) is 24.5 Å². The standard InChI is InChI=1S/C27H26N2O5/c1-17(30)29-23-6-7-25(22(13-23)14-26(31)32-2)34-16-19-11-21-8-9-33-27(21)24(12-19)20-5-3-4-18(10-20)15-28/h3-13H,14-16,28H2,1-2H3,(H,29,30). The molecule has 0 aliphatic heterocycles. The number of fused-ring (bicyclic) bond motifs is 1. The average Bonchev–Trinajstić information content (AvgIpc) is 3.31. The Kier molecular flexibility index (Phi) is 6.94. The number of benzene rings is 3. The van der Waals surface area contributed by atoms with E-state index in [-0.39, 0.29) is 18.9 Å². The first-order chi connectivity index (χ1) is 16.5. The molecule has 0 saturated heterocycles. The van der Waals surface area contributed by atoms with E-state index in [1.807, 2.05) is 36.4 Å². The van der Waals surface area contributed by atoms with Gasteiger partial charge in [0.2, 0.25) is 5.91 Å². The van der Waals surface area contributed by atoms with Crippen molar-refractivity contribution in [1.82, 2.24) is 0 Å². The number of anilines is 1. The van der Waals surface area contributed by atoms with Gasteiger partial charge in [0.15, 0.2) is 0 Å². The van der Waals surface area contributed by atoms with Gasteiger partial charge in [0.1, 0.15) is 17.9 Å². The van der Waals surface area contributed by atoms with Crippen LogP contribution in [0.1, 0.15) is 23.6 Å². The van der Waals surface area contributed by atoms with Crippen LogP contribution in [0.25, 0.3) is 22.1 Å². The molecule has 174 valence electrons. The molecule has 1 heterocycles. The fraction of sp³-hybridized carbons (Fsp3) is 0.185. The van der Waals surface area contributed by atoms with Gasteiger partial charge in [-0.25, -0.2) is 0 Å². The summed E-state index contributed by atoms with van der Waals surface area (Å²) < 4.78 is 16.7. The summed E-state index contributed by atoms with van der Waals surface area (Å²) >= 11 is 0. The van der Waals surface area contributed by atoms with Crippen LogP contribution < -0.4 is 15.8 Å². The van der Waals surface area contributed by atoms with Crippen LogP contribution >= 0.6 is 0 Å². The lowest BCUT2D eigenvalue weighted by atomic mass is 9.99. The van der Waals surface area contributed by atoms with Crippen molar-refractivity contribution >= 4 is 28.5 Å². The minimum Gasteiger partial charge on any atom is -0.489 e. The lowest BCUT2D eigenvalue weighted by molar-refractivity contribution is -0.139. The molecule has 7 nitrogen and oxygen atoms in total. The monoisotopic (exact) mass is 458 g/mol. The number of furan rings is 1. The van der Waals surface area contributed by atoms with E-state index in [1.165, 1.54) is 14.0 Å². The third kappa shape index (κ3) is 5.27. The van der Waals surface area contributed by atoms with Crippen LogP contribution in [-0.2, 0) is 33.9 Å². The molecule has 0 fully saturated rings. The molecule has 0 unspecified atom stereocenters. The van der Waals surface area contributed by atoms with Crippen LogP contribution in [0.2, 0.25) is 0 Å². The Bertz CT molecular complexity index is 1340. The summed E-state index contributed by atoms with van der Waals surface area (Å²) in [6.07, 6.45) is 1.69. The topological polar surface area (TPSA) is 104 Å². The molecule has 0 atom stereocenters. The largest absolute Gasteiger partial charge is 0.489 e. The van der Waals surface area contributed by atoms with Gasteiger partial charge in [-0.15, -0.1) is 0 Å². The predicted molar refractivity (Wildman–Crippen MR) is 130 cm³/mol. The lowest BCUT2D eigenvalue weighted by Crippen LogP contribution is -2.10. The number of ether oxygens (including phenoxy) is 2. The zero-order valence-corrected chi connectivity index (χ0v) is 19.1. The van der Waals surface area contributed by atoms with Crippen molar-refractivity contribution in [2.24, 2.45) is 5.73 Å². The highest BCUT2D eigenvalue weighted by atomic mass is 16.5. The number of nitrogens with two attached hydrogens (primary N) is 1. The van der Waals surface area contributed by atoms with E-state index < -0.39 is 5.97 Å². The molecule has 1 aromatic heterocycles. The van der Waals surface area contributed by atoms with Crippen molar-refractivity contribution in [2.45, 2.75) is 26.5 Å². The first-order valence-electron chi connectivity index (χ1n) is 10.9. The van der Waals surface area contributed by atoms with E-state index >= 15 is 0 Å². The van der Waals surface area contributed by atoms with E-state index in [9.17, 15) is 9.59 Å². The molecule has 4 rings (SSSR count). The second-order valence-corrected chi connectivity index (χ2v) is 7.93. The van der Waals surface area contributed by atoms with Crippen LogP contribution in [0.4, 0.5) is 5.69 Å². The molecule has 4 aromatic rings. The maximum absolute atomic E-state index is 11.9. The smallest absolute Gasteiger partial charge is 0.310 e. The number of hydrogen-bond acceptors (Lipinski definition) is 6. The van der Waals surface area contributed by atoms with Crippen molar-refractivity contribution in [1.29, 1.82) is 0 Å². The molecule has 0 bridgehead atoms. The Labute approximate surface area is 197 Å². The van der Waals surface area contributed by atoms with Crippen molar-refractivity contribution in [3.63, 3.8) is 0 Å². The maximum atomic E-state index is 11.9. The van der Waals surface area contributed by atoms with E-state index in [2.05, 4.69) is 11.4 Å². The fourth-order valence-electron chi connectivity index (χ4n) is 3.84. The van der Waals surface area contributed by atoms with Gasteiger partial charge < -0.3 is 24.9 Å². The van der Waals surface area contributed by atoms with Gasteiger partial charge in [0.25, 0.3) is 0 Å². The zero-order chi connectivity index (χ0) is 24.1. The molecule has 0 aliphatic carbocycles. The van der Waals surface area contributed by atoms with Gasteiger partial charge in [0, 0.05) is 35.7 Å². The van der Waals surface area contributed by atoms with Gasteiger partial charge in [-0.3, -0.25) is 9.59 Å². The highest BCUT2D eigenvalue weighted by Crippen LogP contribution is 2.32. The number of carbonyl (C=O) groups is 2. The Morgan fingerprint density at radius 3 is 2.65 bits per heavy atom. The second-order valence-electron chi connectivity index (χ2n) is 7.93. The van der Waals surface area contributed by atoms with Crippen LogP contribution in [0.3, 0.4) is 0 Å². The van der Waals surface area contributed by atoms with Crippen molar-refractivity contribution in [3.8, 4) is 16.9 Å². The molecule has 3 aromatic carbocycles. The van der Waals surface area contributed by atoms with Crippen molar-refractivity contribution in [2.75, 3.05) is 12.4 Å². The minimum atomic E-state index is -0.397. The normalized spacial score (nSPS) is 10.8. The third-order valence-electron chi connectivity index (χ3n) is 5.42. The van der Waals surface area contributed by atoms with E-state index in [0.717, 1.165) is 33.2 Å². The molecule has 0 aliphatic rings. The Morgan fingerprint density at radius 1 is 1.03 bits per heavy atom. The summed E-state index contributed by atoms with van der Waals surface area (Å²) in [7, 11) is 1.34. The van der Waals surface area contributed by atoms with Crippen LogP contribution in [0.5, 0.6) is 5.75 Å². The highest BCUT2D eigenvalue weighted by molar-refractivity contribution is 5.93. The lowest BCUT2D eigenvalue weighted by Gasteiger charge is -2.14. The molecule has 0 spiro atoms. The number of methoxy groups -OCH3 is 1. The number of carbonyl (C=O) groups excluding carboxylic acids is 2. The molecule has 0 saturated carbocycles. The summed E-state index contributed by atoms with van der Waals surface area (Å²) in [5.41, 5.74) is 11.8. The number of nitrogens with one attached hydrogen (secondary N) is 1. The van der Waals surface area contributed by atoms with E-state index in [4.69, 9.17) is 19.6 Å². The van der Waals surface area contributed by atoms with Gasteiger partial charge in [-0.1, -0.05) is 18.2 Å². The number of hydrogen-bond donors (Lipinski definition) is 2. The molecular weight excluding hydrogens is 432 g/mol. The quantitative estimate of drug-likeness (QED) is 0.367. The average molecular weight is 459 g/mol. The Morgan fingerprint density at radius 2 is 1.88 bits per heavy atom. The van der Waals surface area contributed by atoms with Gasteiger partial charge in [-0.2, -0.15) is 0 Å². The van der Waals surface area contributed by atoms with Crippen LogP contribution in [0, 0.1) is 0 Å². The first-order valence-corrected chi connectivity index (χ1v) is 10.9. The summed E-state index contributed by atoms with van der Waals surface area (Å²) in [5.74, 6) is -0.0532. The van der Waals surface area contributed by atoms with E-state index in [0.29, 0.717) is 23.5 Å². The summed E-state index contributed by atoms with van der Waals surface area (Å²) in [6, 6.07) is 19.2. The Balaban J connectivity index is 1.64. The van der Waals surface area contributed by atoms with Gasteiger partial charge in [-0.05, 0) is 59.2 Å². The van der Waals surface area contributed by atoms with Crippen LogP contribution in [0.15, 0.2) is 71.3 Å². The van der Waals surface area contributed by atoms with Gasteiger partial charge in [0.05, 0.1) is 19.8 Å². The first kappa shape index (κ1) is 23.1.